The Hall–Kier alpha value is -1.97. The van der Waals surface area contributed by atoms with Crippen LogP contribution in [-0.4, -0.2) is 16.5 Å². The van der Waals surface area contributed by atoms with Gasteiger partial charge < -0.3 is 5.32 Å². The number of benzene rings is 1. The van der Waals surface area contributed by atoms with Crippen molar-refractivity contribution in [3.8, 4) is 0 Å². The molecule has 0 spiro atoms. The number of allylic oxidation sites excluding steroid dienone is 2. The quantitative estimate of drug-likeness (QED) is 0.855. The van der Waals surface area contributed by atoms with Crippen molar-refractivity contribution in [2.24, 2.45) is 5.92 Å². The van der Waals surface area contributed by atoms with Gasteiger partial charge >= 0.3 is 0 Å². The van der Waals surface area contributed by atoms with Gasteiger partial charge in [-0.2, -0.15) is 0 Å². The van der Waals surface area contributed by atoms with Crippen LogP contribution in [0, 0.1) is 11.7 Å². The molecule has 2 aromatic rings. The van der Waals surface area contributed by atoms with Crippen LogP contribution in [-0.2, 0) is 0 Å². The van der Waals surface area contributed by atoms with Gasteiger partial charge in [-0.25, -0.2) is 14.4 Å². The Kier molecular flexibility index (Phi) is 3.40. The molecule has 1 unspecified atom stereocenters. The minimum Gasteiger partial charge on any atom is -0.369 e. The van der Waals surface area contributed by atoms with Gasteiger partial charge in [0, 0.05) is 6.54 Å². The van der Waals surface area contributed by atoms with E-state index in [0.717, 1.165) is 19.4 Å². The summed E-state index contributed by atoms with van der Waals surface area (Å²) >= 11 is 0. The number of anilines is 1. The molecule has 1 aromatic carbocycles. The maximum absolute atomic E-state index is 13.9. The first kappa shape index (κ1) is 12.1. The van der Waals surface area contributed by atoms with Crippen LogP contribution >= 0.6 is 0 Å². The van der Waals surface area contributed by atoms with Gasteiger partial charge in [-0.3, -0.25) is 0 Å². The predicted octanol–water partition coefficient (Wildman–Crippen LogP) is 3.54. The van der Waals surface area contributed by atoms with E-state index in [1.165, 1.54) is 18.8 Å². The number of hydrogen-bond donors (Lipinski definition) is 1. The van der Waals surface area contributed by atoms with Crippen molar-refractivity contribution in [1.29, 1.82) is 0 Å². The number of fused-ring (bicyclic) bond motifs is 1. The van der Waals surface area contributed by atoms with E-state index >= 15 is 0 Å². The van der Waals surface area contributed by atoms with Crippen molar-refractivity contribution >= 4 is 16.7 Å². The lowest BCUT2D eigenvalue weighted by atomic mass is 9.94. The summed E-state index contributed by atoms with van der Waals surface area (Å²) in [6.07, 6.45) is 9.30. The summed E-state index contributed by atoms with van der Waals surface area (Å²) < 4.78 is 13.9. The second-order valence-electron chi connectivity index (χ2n) is 4.89. The molecule has 0 amide bonds. The molecule has 1 aliphatic rings. The molecule has 0 radical (unpaired) electrons. The Morgan fingerprint density at radius 1 is 1.26 bits per heavy atom. The second-order valence-corrected chi connectivity index (χ2v) is 4.89. The second kappa shape index (κ2) is 5.34. The van der Waals surface area contributed by atoms with Crippen LogP contribution in [0.5, 0.6) is 0 Å². The molecule has 4 heteroatoms. The Bertz CT molecular complexity index is 604. The summed E-state index contributed by atoms with van der Waals surface area (Å²) in [6.45, 7) is 0.824. The molecule has 0 fully saturated rings. The average molecular weight is 257 g/mol. The lowest BCUT2D eigenvalue weighted by Crippen LogP contribution is -2.16. The van der Waals surface area contributed by atoms with Gasteiger partial charge in [-0.05, 0) is 37.3 Å². The topological polar surface area (TPSA) is 37.8 Å². The third kappa shape index (κ3) is 2.57. The van der Waals surface area contributed by atoms with Crippen molar-refractivity contribution in [3.63, 3.8) is 0 Å². The lowest BCUT2D eigenvalue weighted by molar-refractivity contribution is 0.503. The molecular formula is C15H16FN3. The summed E-state index contributed by atoms with van der Waals surface area (Å²) in [6, 6.07) is 4.91. The Morgan fingerprint density at radius 3 is 3.05 bits per heavy atom. The molecule has 1 atom stereocenters. The Morgan fingerprint density at radius 2 is 2.21 bits per heavy atom. The number of rotatable bonds is 3. The third-order valence-corrected chi connectivity index (χ3v) is 3.55. The van der Waals surface area contributed by atoms with Crippen LogP contribution in [0.3, 0.4) is 0 Å². The SMILES string of the molecule is Fc1cccc2ncnc(NCC3CC=CCC3)c12. The molecule has 0 saturated carbocycles. The van der Waals surface area contributed by atoms with Gasteiger partial charge in [0.2, 0.25) is 0 Å². The van der Waals surface area contributed by atoms with E-state index in [9.17, 15) is 4.39 Å². The number of nitrogens with zero attached hydrogens (tertiary/aromatic N) is 2. The third-order valence-electron chi connectivity index (χ3n) is 3.55. The molecule has 1 N–H and O–H groups in total. The van der Waals surface area contributed by atoms with Gasteiger partial charge in [-0.1, -0.05) is 18.2 Å². The first-order chi connectivity index (χ1) is 9.34. The van der Waals surface area contributed by atoms with Crippen LogP contribution in [0.2, 0.25) is 0 Å². The largest absolute Gasteiger partial charge is 0.369 e. The van der Waals surface area contributed by atoms with E-state index in [4.69, 9.17) is 0 Å². The Labute approximate surface area is 111 Å². The number of halogens is 1. The number of aromatic nitrogens is 2. The lowest BCUT2D eigenvalue weighted by Gasteiger charge is -2.18. The highest BCUT2D eigenvalue weighted by molar-refractivity contribution is 5.89. The number of hydrogen-bond acceptors (Lipinski definition) is 3. The monoisotopic (exact) mass is 257 g/mol. The molecule has 1 aromatic heterocycles. The van der Waals surface area contributed by atoms with Crippen LogP contribution in [0.15, 0.2) is 36.7 Å². The van der Waals surface area contributed by atoms with Crippen LogP contribution in [0.4, 0.5) is 10.2 Å². The molecule has 19 heavy (non-hydrogen) atoms. The van der Waals surface area contributed by atoms with Gasteiger partial charge in [0.1, 0.15) is 18.0 Å². The normalized spacial score (nSPS) is 18.7. The van der Waals surface area contributed by atoms with Crippen molar-refractivity contribution < 1.29 is 4.39 Å². The van der Waals surface area contributed by atoms with Crippen molar-refractivity contribution in [3.05, 3.63) is 42.5 Å². The summed E-state index contributed by atoms with van der Waals surface area (Å²) in [5.74, 6) is 0.920. The van der Waals surface area contributed by atoms with Crippen LogP contribution < -0.4 is 5.32 Å². The summed E-state index contributed by atoms with van der Waals surface area (Å²) in [4.78, 5) is 8.27. The molecule has 0 saturated heterocycles. The summed E-state index contributed by atoms with van der Waals surface area (Å²) in [5.41, 5.74) is 0.640. The van der Waals surface area contributed by atoms with E-state index in [1.807, 2.05) is 0 Å². The zero-order valence-electron chi connectivity index (χ0n) is 10.6. The minimum absolute atomic E-state index is 0.274. The van der Waals surface area contributed by atoms with Gasteiger partial charge in [-0.15, -0.1) is 0 Å². The first-order valence-corrected chi connectivity index (χ1v) is 6.62. The van der Waals surface area contributed by atoms with Crippen LogP contribution in [0.25, 0.3) is 10.9 Å². The van der Waals surface area contributed by atoms with Crippen molar-refractivity contribution in [1.82, 2.24) is 9.97 Å². The highest BCUT2D eigenvalue weighted by Crippen LogP contribution is 2.24. The van der Waals surface area contributed by atoms with E-state index in [1.54, 1.807) is 12.1 Å². The predicted molar refractivity (Wildman–Crippen MR) is 74.5 cm³/mol. The fourth-order valence-corrected chi connectivity index (χ4v) is 2.48. The summed E-state index contributed by atoms with van der Waals surface area (Å²) in [7, 11) is 0. The molecule has 98 valence electrons. The fourth-order valence-electron chi connectivity index (χ4n) is 2.48. The fraction of sp³-hybridized carbons (Fsp3) is 0.333. The maximum atomic E-state index is 13.9. The molecule has 0 aliphatic heterocycles. The van der Waals surface area contributed by atoms with Gasteiger partial charge in [0.15, 0.2) is 0 Å². The standard InChI is InChI=1S/C15H16FN3/c16-12-7-4-8-13-14(12)15(19-10-18-13)17-9-11-5-2-1-3-6-11/h1-2,4,7-8,10-11H,3,5-6,9H2,(H,17,18,19). The Balaban J connectivity index is 1.82. The minimum atomic E-state index is -0.274. The molecular weight excluding hydrogens is 241 g/mol. The zero-order valence-corrected chi connectivity index (χ0v) is 10.6. The highest BCUT2D eigenvalue weighted by Gasteiger charge is 2.12. The number of nitrogens with one attached hydrogen (secondary N) is 1. The van der Waals surface area contributed by atoms with E-state index in [2.05, 4.69) is 27.4 Å². The average Bonchev–Trinajstić information content (AvgIpc) is 2.46. The smallest absolute Gasteiger partial charge is 0.140 e. The van der Waals surface area contributed by atoms with Crippen molar-refractivity contribution in [2.45, 2.75) is 19.3 Å². The highest BCUT2D eigenvalue weighted by atomic mass is 19.1. The molecule has 0 bridgehead atoms. The van der Waals surface area contributed by atoms with E-state index < -0.39 is 0 Å². The maximum Gasteiger partial charge on any atom is 0.140 e. The van der Waals surface area contributed by atoms with Gasteiger partial charge in [0.25, 0.3) is 0 Å². The molecule has 1 heterocycles. The zero-order chi connectivity index (χ0) is 13.1. The molecule has 3 rings (SSSR count). The molecule has 3 nitrogen and oxygen atoms in total. The first-order valence-electron chi connectivity index (χ1n) is 6.62. The molecule has 1 aliphatic carbocycles. The van der Waals surface area contributed by atoms with E-state index in [-0.39, 0.29) is 5.82 Å². The van der Waals surface area contributed by atoms with Gasteiger partial charge in [0.05, 0.1) is 10.9 Å². The summed E-state index contributed by atoms with van der Waals surface area (Å²) in [5, 5.41) is 3.76. The van der Waals surface area contributed by atoms with Crippen LogP contribution in [0.1, 0.15) is 19.3 Å². The van der Waals surface area contributed by atoms with E-state index in [0.29, 0.717) is 22.6 Å². The van der Waals surface area contributed by atoms with Crippen molar-refractivity contribution in [2.75, 3.05) is 11.9 Å².